The summed E-state index contributed by atoms with van der Waals surface area (Å²) in [6.07, 6.45) is 0. The van der Waals surface area contributed by atoms with Crippen LogP contribution in [0.2, 0.25) is 5.02 Å². The molecule has 3 aromatic rings. The minimum absolute atomic E-state index is 0.00698. The summed E-state index contributed by atoms with van der Waals surface area (Å²) in [5, 5.41) is 14.5. The summed E-state index contributed by atoms with van der Waals surface area (Å²) in [6, 6.07) is 14.0. The molecular formula is C22H20ClNO3S. The summed E-state index contributed by atoms with van der Waals surface area (Å²) in [5.41, 5.74) is 2.33. The maximum Gasteiger partial charge on any atom is 0.337 e. The lowest BCUT2D eigenvalue weighted by molar-refractivity contribution is 0.0698. The van der Waals surface area contributed by atoms with Crippen molar-refractivity contribution in [1.82, 2.24) is 0 Å². The van der Waals surface area contributed by atoms with Gasteiger partial charge in [0, 0.05) is 16.0 Å². The van der Waals surface area contributed by atoms with Crippen LogP contribution in [-0.4, -0.2) is 17.0 Å². The normalized spacial score (nSPS) is 11.3. The second-order valence-corrected chi connectivity index (χ2v) is 8.80. The minimum atomic E-state index is -1.13. The Morgan fingerprint density at radius 3 is 2.29 bits per heavy atom. The highest BCUT2D eigenvalue weighted by Gasteiger charge is 2.19. The van der Waals surface area contributed by atoms with Gasteiger partial charge in [-0.25, -0.2) is 4.79 Å². The number of benzene rings is 2. The van der Waals surface area contributed by atoms with Gasteiger partial charge in [0.15, 0.2) is 0 Å². The Labute approximate surface area is 172 Å². The maximum absolute atomic E-state index is 12.6. The number of amides is 1. The molecule has 0 unspecified atom stereocenters. The lowest BCUT2D eigenvalue weighted by Crippen LogP contribution is -2.16. The molecule has 0 aliphatic heterocycles. The van der Waals surface area contributed by atoms with Gasteiger partial charge in [0.1, 0.15) is 0 Å². The number of aromatic carboxylic acids is 1. The zero-order valence-corrected chi connectivity index (χ0v) is 17.3. The highest BCUT2D eigenvalue weighted by molar-refractivity contribution is 7.13. The molecule has 0 bridgehead atoms. The largest absolute Gasteiger partial charge is 0.478 e. The summed E-state index contributed by atoms with van der Waals surface area (Å²) in [7, 11) is 0. The van der Waals surface area contributed by atoms with Gasteiger partial charge in [0.25, 0.3) is 5.91 Å². The highest BCUT2D eigenvalue weighted by atomic mass is 35.5. The van der Waals surface area contributed by atoms with Crippen LogP contribution < -0.4 is 5.32 Å². The van der Waals surface area contributed by atoms with Crippen molar-refractivity contribution >= 4 is 40.5 Å². The summed E-state index contributed by atoms with van der Waals surface area (Å²) in [4.78, 5) is 25.2. The average Bonchev–Trinajstić information content (AvgIpc) is 3.15. The van der Waals surface area contributed by atoms with Crippen molar-refractivity contribution in [3.63, 3.8) is 0 Å². The molecule has 3 rings (SSSR count). The van der Waals surface area contributed by atoms with E-state index in [1.807, 2.05) is 29.6 Å². The summed E-state index contributed by atoms with van der Waals surface area (Å²) < 4.78 is 0. The third-order valence-corrected chi connectivity index (χ3v) is 5.60. The molecule has 0 radical (unpaired) electrons. The van der Waals surface area contributed by atoms with Gasteiger partial charge in [-0.1, -0.05) is 50.6 Å². The van der Waals surface area contributed by atoms with Crippen molar-refractivity contribution in [2.45, 2.75) is 26.2 Å². The first kappa shape index (κ1) is 20.1. The van der Waals surface area contributed by atoms with E-state index < -0.39 is 5.97 Å². The van der Waals surface area contributed by atoms with Gasteiger partial charge in [-0.2, -0.15) is 0 Å². The molecule has 0 saturated heterocycles. The lowest BCUT2D eigenvalue weighted by atomic mass is 9.86. The Morgan fingerprint density at radius 1 is 1.07 bits per heavy atom. The van der Waals surface area contributed by atoms with Gasteiger partial charge >= 0.3 is 5.97 Å². The topological polar surface area (TPSA) is 66.4 Å². The van der Waals surface area contributed by atoms with Gasteiger partial charge in [-0.15, -0.1) is 11.3 Å². The van der Waals surface area contributed by atoms with Gasteiger partial charge in [-0.05, 0) is 46.7 Å². The van der Waals surface area contributed by atoms with Crippen LogP contribution >= 0.6 is 22.9 Å². The Bertz CT molecular complexity index is 1020. The fourth-order valence-corrected chi connectivity index (χ4v) is 3.87. The molecule has 1 aromatic heterocycles. The van der Waals surface area contributed by atoms with Crippen LogP contribution in [0.3, 0.4) is 0 Å². The summed E-state index contributed by atoms with van der Waals surface area (Å²) >= 11 is 7.83. The summed E-state index contributed by atoms with van der Waals surface area (Å²) in [5.74, 6) is -1.52. The molecule has 6 heteroatoms. The third kappa shape index (κ3) is 4.26. The monoisotopic (exact) mass is 413 g/mol. The number of carbonyl (C=O) groups is 2. The van der Waals surface area contributed by atoms with E-state index in [0.29, 0.717) is 16.1 Å². The number of rotatable bonds is 4. The highest BCUT2D eigenvalue weighted by Crippen LogP contribution is 2.35. The van der Waals surface area contributed by atoms with Crippen LogP contribution in [0.5, 0.6) is 0 Å². The van der Waals surface area contributed by atoms with Crippen molar-refractivity contribution in [3.05, 3.63) is 75.6 Å². The van der Waals surface area contributed by atoms with E-state index in [1.54, 1.807) is 12.1 Å². The molecule has 0 aliphatic rings. The molecule has 2 aromatic carbocycles. The second-order valence-electron chi connectivity index (χ2n) is 7.44. The van der Waals surface area contributed by atoms with E-state index in [2.05, 4.69) is 26.1 Å². The zero-order valence-electron chi connectivity index (χ0n) is 15.7. The lowest BCUT2D eigenvalue weighted by Gasteiger charge is -2.19. The first-order chi connectivity index (χ1) is 13.2. The number of carboxylic acid groups (broad SMARTS) is 1. The molecule has 0 fully saturated rings. The van der Waals surface area contributed by atoms with Crippen LogP contribution in [0.25, 0.3) is 10.4 Å². The van der Waals surface area contributed by atoms with E-state index in [9.17, 15) is 14.7 Å². The van der Waals surface area contributed by atoms with Crippen LogP contribution in [0.4, 0.5) is 5.69 Å². The SMILES string of the molecule is CC(C)(C)c1ccc(C(=O)Nc2cc(Cl)c(-c3cccs3)cc2C(=O)O)cc1. The maximum atomic E-state index is 12.6. The van der Waals surface area contributed by atoms with Crippen molar-refractivity contribution in [2.75, 3.05) is 5.32 Å². The molecule has 144 valence electrons. The number of nitrogens with one attached hydrogen (secondary N) is 1. The fraction of sp³-hybridized carbons (Fsp3) is 0.182. The Kier molecular flexibility index (Phi) is 5.59. The molecule has 0 saturated carbocycles. The molecule has 28 heavy (non-hydrogen) atoms. The van der Waals surface area contributed by atoms with Crippen LogP contribution in [0, 0.1) is 0 Å². The number of hydrogen-bond acceptors (Lipinski definition) is 3. The predicted molar refractivity (Wildman–Crippen MR) is 115 cm³/mol. The van der Waals surface area contributed by atoms with Gasteiger partial charge in [-0.3, -0.25) is 4.79 Å². The number of anilines is 1. The molecule has 0 spiro atoms. The van der Waals surface area contributed by atoms with E-state index in [-0.39, 0.29) is 22.6 Å². The Balaban J connectivity index is 1.92. The predicted octanol–water partition coefficient (Wildman–Crippen LogP) is 6.32. The summed E-state index contributed by atoms with van der Waals surface area (Å²) in [6.45, 7) is 6.29. The third-order valence-electron chi connectivity index (χ3n) is 4.39. The van der Waals surface area contributed by atoms with Crippen molar-refractivity contribution in [2.24, 2.45) is 0 Å². The van der Waals surface area contributed by atoms with E-state index in [1.165, 1.54) is 23.5 Å². The molecule has 0 aliphatic carbocycles. The van der Waals surface area contributed by atoms with Gasteiger partial charge < -0.3 is 10.4 Å². The minimum Gasteiger partial charge on any atom is -0.478 e. The molecule has 1 amide bonds. The number of halogens is 1. The number of carbonyl (C=O) groups excluding carboxylic acids is 1. The molecule has 0 atom stereocenters. The first-order valence-corrected chi connectivity index (χ1v) is 9.95. The first-order valence-electron chi connectivity index (χ1n) is 8.69. The van der Waals surface area contributed by atoms with Crippen LogP contribution in [0.1, 0.15) is 47.1 Å². The molecule has 2 N–H and O–H groups in total. The van der Waals surface area contributed by atoms with Gasteiger partial charge in [0.05, 0.1) is 16.3 Å². The van der Waals surface area contributed by atoms with Crippen molar-refractivity contribution in [1.29, 1.82) is 0 Å². The average molecular weight is 414 g/mol. The van der Waals surface area contributed by atoms with E-state index in [4.69, 9.17) is 11.6 Å². The zero-order chi connectivity index (χ0) is 20.5. The number of hydrogen-bond donors (Lipinski definition) is 2. The molecule has 4 nitrogen and oxygen atoms in total. The Hall–Kier alpha value is -2.63. The Morgan fingerprint density at radius 2 is 1.75 bits per heavy atom. The van der Waals surface area contributed by atoms with Crippen LogP contribution in [-0.2, 0) is 5.41 Å². The standard InChI is InChI=1S/C22H20ClNO3S/c1-22(2,3)14-8-6-13(7-9-14)20(25)24-18-12-17(23)15(11-16(18)21(26)27)19-5-4-10-28-19/h4-12H,1-3H3,(H,24,25)(H,26,27). The number of carboxylic acids is 1. The van der Waals surface area contributed by atoms with E-state index in [0.717, 1.165) is 10.4 Å². The van der Waals surface area contributed by atoms with Crippen molar-refractivity contribution < 1.29 is 14.7 Å². The molecule has 1 heterocycles. The van der Waals surface area contributed by atoms with Crippen molar-refractivity contribution in [3.8, 4) is 10.4 Å². The number of thiophene rings is 1. The fourth-order valence-electron chi connectivity index (χ4n) is 2.79. The smallest absolute Gasteiger partial charge is 0.337 e. The molecular weight excluding hydrogens is 394 g/mol. The van der Waals surface area contributed by atoms with E-state index >= 15 is 0 Å². The second kappa shape index (κ2) is 7.78. The van der Waals surface area contributed by atoms with Crippen LogP contribution in [0.15, 0.2) is 53.9 Å². The van der Waals surface area contributed by atoms with Gasteiger partial charge in [0.2, 0.25) is 0 Å². The quantitative estimate of drug-likeness (QED) is 0.526.